The second-order valence-electron chi connectivity index (χ2n) is 5.72. The molecule has 0 spiro atoms. The van der Waals surface area contributed by atoms with E-state index in [1.54, 1.807) is 37.3 Å². The van der Waals surface area contributed by atoms with Crippen LogP contribution < -0.4 is 9.62 Å². The average molecular weight is 425 g/mol. The number of carbonyl (C=O) groups excluding carboxylic acids is 1. The van der Waals surface area contributed by atoms with Crippen molar-refractivity contribution in [2.75, 3.05) is 15.9 Å². The van der Waals surface area contributed by atoms with E-state index in [0.29, 0.717) is 11.4 Å². The molecule has 0 radical (unpaired) electrons. The monoisotopic (exact) mass is 424 g/mol. The maximum Gasteiger partial charge on any atom is 0.248 e. The fourth-order valence-electron chi connectivity index (χ4n) is 2.49. The standard InChI is InChI=1S/C18H21BrN2O3S/c1-4-14-9-11-15(12-10-14)21(25(3,23)24)13(2)18(22)20-17-8-6-5-7-16(17)19/h5-13H,4H2,1-3H3,(H,20,22)/t13-/m0/s1. The zero-order valence-corrected chi connectivity index (χ0v) is 16.8. The number of rotatable bonds is 6. The minimum absolute atomic E-state index is 0.406. The SMILES string of the molecule is CCc1ccc(N([C@@H](C)C(=O)Nc2ccccc2Br)S(C)(=O)=O)cc1. The third-order valence-corrected chi connectivity index (χ3v) is 5.75. The van der Waals surface area contributed by atoms with Crippen LogP contribution in [0, 0.1) is 0 Å². The number of carbonyl (C=O) groups is 1. The molecular formula is C18H21BrN2O3S. The zero-order valence-electron chi connectivity index (χ0n) is 14.4. The number of sulfonamides is 1. The predicted octanol–water partition coefficient (Wildman–Crippen LogP) is 3.80. The first-order chi connectivity index (χ1) is 11.7. The first kappa shape index (κ1) is 19.5. The molecule has 7 heteroatoms. The Kier molecular flexibility index (Phi) is 6.24. The second-order valence-corrected chi connectivity index (χ2v) is 8.44. The average Bonchev–Trinajstić information content (AvgIpc) is 2.56. The molecule has 0 aliphatic carbocycles. The van der Waals surface area contributed by atoms with E-state index < -0.39 is 22.0 Å². The fraction of sp³-hybridized carbons (Fsp3) is 0.278. The van der Waals surface area contributed by atoms with Gasteiger partial charge in [0, 0.05) is 4.47 Å². The summed E-state index contributed by atoms with van der Waals surface area (Å²) in [5.41, 5.74) is 2.16. The Bertz CT molecular complexity index is 851. The third-order valence-electron chi connectivity index (χ3n) is 3.82. The van der Waals surface area contributed by atoms with E-state index in [1.807, 2.05) is 25.1 Å². The van der Waals surface area contributed by atoms with Crippen LogP contribution in [0.2, 0.25) is 0 Å². The van der Waals surface area contributed by atoms with Gasteiger partial charge in [0.15, 0.2) is 0 Å². The summed E-state index contributed by atoms with van der Waals surface area (Å²) in [7, 11) is -3.62. The van der Waals surface area contributed by atoms with Crippen LogP contribution in [0.5, 0.6) is 0 Å². The van der Waals surface area contributed by atoms with Crippen LogP contribution in [-0.2, 0) is 21.2 Å². The predicted molar refractivity (Wildman–Crippen MR) is 105 cm³/mol. The topological polar surface area (TPSA) is 66.5 Å². The Morgan fingerprint density at radius 2 is 1.76 bits per heavy atom. The van der Waals surface area contributed by atoms with E-state index in [0.717, 1.165) is 27.0 Å². The summed E-state index contributed by atoms with van der Waals surface area (Å²) in [4.78, 5) is 12.6. The highest BCUT2D eigenvalue weighted by Gasteiger charge is 2.29. The molecular weight excluding hydrogens is 404 g/mol. The van der Waals surface area contributed by atoms with Crippen LogP contribution in [0.25, 0.3) is 0 Å². The number of benzene rings is 2. The molecule has 1 N–H and O–H groups in total. The fourth-order valence-corrected chi connectivity index (χ4v) is 4.05. The van der Waals surface area contributed by atoms with Gasteiger partial charge in [0.25, 0.3) is 0 Å². The molecule has 2 rings (SSSR count). The Labute approximate surface area is 157 Å². The van der Waals surface area contributed by atoms with Gasteiger partial charge in [-0.2, -0.15) is 0 Å². The smallest absolute Gasteiger partial charge is 0.248 e. The number of hydrogen-bond acceptors (Lipinski definition) is 3. The van der Waals surface area contributed by atoms with Crippen molar-refractivity contribution in [3.05, 3.63) is 58.6 Å². The summed E-state index contributed by atoms with van der Waals surface area (Å²) < 4.78 is 26.4. The van der Waals surface area contributed by atoms with E-state index >= 15 is 0 Å². The molecule has 0 aliphatic rings. The highest BCUT2D eigenvalue weighted by atomic mass is 79.9. The van der Waals surface area contributed by atoms with Gasteiger partial charge in [-0.25, -0.2) is 8.42 Å². The maximum atomic E-state index is 12.6. The van der Waals surface area contributed by atoms with Crippen molar-refractivity contribution in [1.29, 1.82) is 0 Å². The maximum absolute atomic E-state index is 12.6. The summed E-state index contributed by atoms with van der Waals surface area (Å²) in [6.45, 7) is 3.60. The van der Waals surface area contributed by atoms with Crippen LogP contribution in [0.15, 0.2) is 53.0 Å². The number of halogens is 1. The molecule has 2 aromatic carbocycles. The van der Waals surface area contributed by atoms with Crippen molar-refractivity contribution in [3.8, 4) is 0 Å². The lowest BCUT2D eigenvalue weighted by molar-refractivity contribution is -0.116. The zero-order chi connectivity index (χ0) is 18.6. The second kappa shape index (κ2) is 8.01. The first-order valence-electron chi connectivity index (χ1n) is 7.87. The molecule has 134 valence electrons. The van der Waals surface area contributed by atoms with Crippen LogP contribution >= 0.6 is 15.9 Å². The van der Waals surface area contributed by atoms with Crippen molar-refractivity contribution >= 4 is 43.2 Å². The highest BCUT2D eigenvalue weighted by molar-refractivity contribution is 9.10. The van der Waals surface area contributed by atoms with E-state index in [-0.39, 0.29) is 0 Å². The van der Waals surface area contributed by atoms with E-state index in [2.05, 4.69) is 21.2 Å². The summed E-state index contributed by atoms with van der Waals surface area (Å²) in [5, 5.41) is 2.76. The molecule has 1 atom stereocenters. The Balaban J connectivity index is 2.31. The number of hydrogen-bond donors (Lipinski definition) is 1. The van der Waals surface area contributed by atoms with Crippen molar-refractivity contribution in [2.24, 2.45) is 0 Å². The minimum Gasteiger partial charge on any atom is -0.323 e. The van der Waals surface area contributed by atoms with Gasteiger partial charge in [0.2, 0.25) is 15.9 Å². The van der Waals surface area contributed by atoms with Gasteiger partial charge in [0.05, 0.1) is 17.6 Å². The molecule has 0 aromatic heterocycles. The molecule has 0 bridgehead atoms. The molecule has 5 nitrogen and oxygen atoms in total. The van der Waals surface area contributed by atoms with Crippen molar-refractivity contribution in [2.45, 2.75) is 26.3 Å². The summed E-state index contributed by atoms with van der Waals surface area (Å²) in [6, 6.07) is 13.5. The van der Waals surface area contributed by atoms with Crippen molar-refractivity contribution in [1.82, 2.24) is 0 Å². The molecule has 0 fully saturated rings. The van der Waals surface area contributed by atoms with Gasteiger partial charge >= 0.3 is 0 Å². The van der Waals surface area contributed by atoms with E-state index in [4.69, 9.17) is 0 Å². The summed E-state index contributed by atoms with van der Waals surface area (Å²) >= 11 is 3.36. The Hall–Kier alpha value is -1.86. The first-order valence-corrected chi connectivity index (χ1v) is 10.5. The normalized spacial score (nSPS) is 12.5. The van der Waals surface area contributed by atoms with Crippen LogP contribution in [0.3, 0.4) is 0 Å². The number of anilines is 2. The molecule has 0 saturated heterocycles. The molecule has 0 unspecified atom stereocenters. The lowest BCUT2D eigenvalue weighted by atomic mass is 10.1. The largest absolute Gasteiger partial charge is 0.323 e. The van der Waals surface area contributed by atoms with Crippen LogP contribution in [-0.4, -0.2) is 26.6 Å². The van der Waals surface area contributed by atoms with Gasteiger partial charge < -0.3 is 5.32 Å². The Morgan fingerprint density at radius 1 is 1.16 bits per heavy atom. The van der Waals surface area contributed by atoms with Gasteiger partial charge in [-0.1, -0.05) is 31.2 Å². The Morgan fingerprint density at radius 3 is 2.28 bits per heavy atom. The number of aryl methyl sites for hydroxylation is 1. The van der Waals surface area contributed by atoms with Crippen LogP contribution in [0.4, 0.5) is 11.4 Å². The third kappa shape index (κ3) is 4.83. The number of amides is 1. The molecule has 0 saturated carbocycles. The van der Waals surface area contributed by atoms with Gasteiger partial charge in [-0.05, 0) is 59.1 Å². The number of para-hydroxylation sites is 1. The number of nitrogens with zero attached hydrogens (tertiary/aromatic N) is 1. The van der Waals surface area contributed by atoms with E-state index in [1.165, 1.54) is 0 Å². The molecule has 2 aromatic rings. The quantitative estimate of drug-likeness (QED) is 0.766. The number of nitrogens with one attached hydrogen (secondary N) is 1. The van der Waals surface area contributed by atoms with Gasteiger partial charge in [-0.3, -0.25) is 9.10 Å². The van der Waals surface area contributed by atoms with Gasteiger partial charge in [-0.15, -0.1) is 0 Å². The van der Waals surface area contributed by atoms with E-state index in [9.17, 15) is 13.2 Å². The lowest BCUT2D eigenvalue weighted by Crippen LogP contribution is -2.45. The van der Waals surface area contributed by atoms with Crippen molar-refractivity contribution < 1.29 is 13.2 Å². The minimum atomic E-state index is -3.62. The van der Waals surface area contributed by atoms with Crippen LogP contribution in [0.1, 0.15) is 19.4 Å². The summed E-state index contributed by atoms with van der Waals surface area (Å²) in [6.07, 6.45) is 1.96. The summed E-state index contributed by atoms with van der Waals surface area (Å²) in [5.74, 6) is -0.406. The molecule has 1 amide bonds. The van der Waals surface area contributed by atoms with Gasteiger partial charge in [0.1, 0.15) is 6.04 Å². The van der Waals surface area contributed by atoms with Crippen molar-refractivity contribution in [3.63, 3.8) is 0 Å². The highest BCUT2D eigenvalue weighted by Crippen LogP contribution is 2.24. The lowest BCUT2D eigenvalue weighted by Gasteiger charge is -2.28. The molecule has 0 aliphatic heterocycles. The molecule has 0 heterocycles. The molecule has 25 heavy (non-hydrogen) atoms.